The maximum Gasteiger partial charge on any atom is 0.309 e. The van der Waals surface area contributed by atoms with Gasteiger partial charge in [-0.3, -0.25) is 4.79 Å². The van der Waals surface area contributed by atoms with Crippen molar-refractivity contribution in [3.8, 4) is 0 Å². The van der Waals surface area contributed by atoms with Gasteiger partial charge in [-0.2, -0.15) is 0 Å². The molecule has 0 spiro atoms. The van der Waals surface area contributed by atoms with Crippen LogP contribution in [-0.2, 0) is 9.53 Å². The summed E-state index contributed by atoms with van der Waals surface area (Å²) in [6.07, 6.45) is 4.41. The van der Waals surface area contributed by atoms with Crippen LogP contribution in [0.4, 0.5) is 0 Å². The van der Waals surface area contributed by atoms with Crippen molar-refractivity contribution < 1.29 is 9.53 Å². The number of carbonyl (C=O) groups is 1. The van der Waals surface area contributed by atoms with E-state index in [9.17, 15) is 4.79 Å². The first-order valence-corrected chi connectivity index (χ1v) is 9.30. The van der Waals surface area contributed by atoms with Gasteiger partial charge >= 0.3 is 5.97 Å². The minimum Gasteiger partial charge on any atom is -0.462 e. The van der Waals surface area contributed by atoms with E-state index in [1.54, 1.807) is 0 Å². The highest BCUT2D eigenvalue weighted by Gasteiger charge is 2.47. The Morgan fingerprint density at radius 3 is 2.65 bits per heavy atom. The van der Waals surface area contributed by atoms with Crippen LogP contribution in [0.25, 0.3) is 0 Å². The topological polar surface area (TPSA) is 26.3 Å². The largest absolute Gasteiger partial charge is 0.462 e. The fourth-order valence-corrected chi connectivity index (χ4v) is 4.34. The van der Waals surface area contributed by atoms with Crippen LogP contribution in [0.2, 0.25) is 5.02 Å². The minimum absolute atomic E-state index is 0.0000510. The molecule has 0 saturated heterocycles. The molecular formula is C20H27ClO2. The highest BCUT2D eigenvalue weighted by molar-refractivity contribution is 6.31. The Balaban J connectivity index is 1.62. The zero-order valence-corrected chi connectivity index (χ0v) is 15.1. The van der Waals surface area contributed by atoms with Crippen molar-refractivity contribution in [2.45, 2.75) is 58.5 Å². The van der Waals surface area contributed by atoms with Gasteiger partial charge in [-0.05, 0) is 54.6 Å². The first-order chi connectivity index (χ1) is 11.0. The SMILES string of the molecule is CC(C)[C@@H]1CC[C@@H](C)C[C@H]1OC(=O)[C@H]1C[C@@H]1c1ccccc1Cl. The van der Waals surface area contributed by atoms with Gasteiger partial charge in [0.15, 0.2) is 0 Å². The molecule has 3 rings (SSSR count). The second-order valence-electron chi connectivity index (χ2n) is 7.77. The molecule has 2 saturated carbocycles. The zero-order valence-electron chi connectivity index (χ0n) is 14.3. The number of hydrogen-bond acceptors (Lipinski definition) is 2. The number of esters is 1. The molecule has 0 heterocycles. The van der Waals surface area contributed by atoms with Crippen molar-refractivity contribution in [2.75, 3.05) is 0 Å². The summed E-state index contributed by atoms with van der Waals surface area (Å²) in [7, 11) is 0. The Labute approximate surface area is 144 Å². The summed E-state index contributed by atoms with van der Waals surface area (Å²) in [6.45, 7) is 6.75. The van der Waals surface area contributed by atoms with Gasteiger partial charge in [-0.1, -0.05) is 57.0 Å². The van der Waals surface area contributed by atoms with Crippen LogP contribution in [0.3, 0.4) is 0 Å². The third-order valence-corrected chi connectivity index (χ3v) is 5.97. The molecule has 0 amide bonds. The lowest BCUT2D eigenvalue weighted by atomic mass is 9.75. The Hall–Kier alpha value is -1.02. The summed E-state index contributed by atoms with van der Waals surface area (Å²) < 4.78 is 5.97. The van der Waals surface area contributed by atoms with Crippen molar-refractivity contribution in [3.05, 3.63) is 34.9 Å². The Morgan fingerprint density at radius 1 is 1.22 bits per heavy atom. The number of ether oxygens (including phenoxy) is 1. The molecule has 0 radical (unpaired) electrons. The lowest BCUT2D eigenvalue weighted by Crippen LogP contribution is -2.36. The van der Waals surface area contributed by atoms with Crippen molar-refractivity contribution >= 4 is 17.6 Å². The predicted octanol–water partition coefficient (Wildman–Crippen LogP) is 5.45. The Bertz CT molecular complexity index is 569. The molecule has 0 N–H and O–H groups in total. The molecule has 1 aromatic carbocycles. The van der Waals surface area contributed by atoms with E-state index in [0.717, 1.165) is 23.4 Å². The number of halogens is 1. The molecule has 0 aliphatic heterocycles. The van der Waals surface area contributed by atoms with Crippen LogP contribution >= 0.6 is 11.6 Å². The summed E-state index contributed by atoms with van der Waals surface area (Å²) in [5.41, 5.74) is 1.09. The number of carbonyl (C=O) groups excluding carboxylic acids is 1. The van der Waals surface area contributed by atoms with Gasteiger partial charge < -0.3 is 4.74 Å². The molecule has 2 aliphatic carbocycles. The van der Waals surface area contributed by atoms with Crippen LogP contribution < -0.4 is 0 Å². The predicted molar refractivity (Wildman–Crippen MR) is 93.5 cm³/mol. The molecule has 0 unspecified atom stereocenters. The van der Waals surface area contributed by atoms with Crippen LogP contribution in [-0.4, -0.2) is 12.1 Å². The van der Waals surface area contributed by atoms with Gasteiger partial charge in [-0.25, -0.2) is 0 Å². The van der Waals surface area contributed by atoms with Gasteiger partial charge in [-0.15, -0.1) is 0 Å². The highest BCUT2D eigenvalue weighted by Crippen LogP contribution is 2.50. The minimum atomic E-state index is -0.0142. The molecule has 3 heteroatoms. The van der Waals surface area contributed by atoms with E-state index in [-0.39, 0.29) is 23.9 Å². The smallest absolute Gasteiger partial charge is 0.309 e. The lowest BCUT2D eigenvalue weighted by Gasteiger charge is -2.36. The van der Waals surface area contributed by atoms with E-state index in [1.165, 1.54) is 12.8 Å². The van der Waals surface area contributed by atoms with Gasteiger partial charge in [0.05, 0.1) is 5.92 Å². The number of hydrogen-bond donors (Lipinski definition) is 0. The summed E-state index contributed by atoms with van der Waals surface area (Å²) in [4.78, 5) is 12.6. The average molecular weight is 335 g/mol. The van der Waals surface area contributed by atoms with Crippen LogP contribution in [0.15, 0.2) is 24.3 Å². The quantitative estimate of drug-likeness (QED) is 0.684. The summed E-state index contributed by atoms with van der Waals surface area (Å²) in [5, 5.41) is 0.763. The van der Waals surface area contributed by atoms with Gasteiger partial charge in [0, 0.05) is 5.02 Å². The van der Waals surface area contributed by atoms with Crippen molar-refractivity contribution in [3.63, 3.8) is 0 Å². The van der Waals surface area contributed by atoms with Crippen LogP contribution in [0.5, 0.6) is 0 Å². The van der Waals surface area contributed by atoms with Crippen LogP contribution in [0, 0.1) is 23.7 Å². The van der Waals surface area contributed by atoms with E-state index in [0.29, 0.717) is 17.8 Å². The summed E-state index contributed by atoms with van der Waals surface area (Å²) in [5.74, 6) is 1.96. The average Bonchev–Trinajstić information content (AvgIpc) is 3.28. The normalized spacial score (nSPS) is 33.5. The molecule has 2 fully saturated rings. The van der Waals surface area contributed by atoms with E-state index in [2.05, 4.69) is 20.8 Å². The second-order valence-corrected chi connectivity index (χ2v) is 8.18. The fourth-order valence-electron chi connectivity index (χ4n) is 4.06. The molecule has 126 valence electrons. The Morgan fingerprint density at radius 2 is 1.96 bits per heavy atom. The number of rotatable bonds is 4. The monoisotopic (exact) mass is 334 g/mol. The maximum absolute atomic E-state index is 12.6. The Kier molecular flexibility index (Phi) is 5.01. The molecule has 2 aliphatic rings. The van der Waals surface area contributed by atoms with E-state index in [4.69, 9.17) is 16.3 Å². The molecule has 2 nitrogen and oxygen atoms in total. The first kappa shape index (κ1) is 16.8. The van der Waals surface area contributed by atoms with Crippen molar-refractivity contribution in [2.24, 2.45) is 23.7 Å². The van der Waals surface area contributed by atoms with E-state index >= 15 is 0 Å². The van der Waals surface area contributed by atoms with Crippen molar-refractivity contribution in [1.29, 1.82) is 0 Å². The van der Waals surface area contributed by atoms with Crippen LogP contribution in [0.1, 0.15) is 57.9 Å². The molecule has 0 bridgehead atoms. The third kappa shape index (κ3) is 3.74. The molecule has 23 heavy (non-hydrogen) atoms. The number of benzene rings is 1. The highest BCUT2D eigenvalue weighted by atomic mass is 35.5. The third-order valence-electron chi connectivity index (χ3n) is 5.63. The molecule has 1 aromatic rings. The van der Waals surface area contributed by atoms with E-state index < -0.39 is 0 Å². The standard InChI is InChI=1S/C20H27ClO2/c1-12(2)14-9-8-13(3)10-19(14)23-20(22)17-11-16(17)15-6-4-5-7-18(15)21/h4-7,12-14,16-17,19H,8-11H2,1-3H3/t13-,14+,16-,17+,19-/m1/s1. The van der Waals surface area contributed by atoms with Crippen molar-refractivity contribution in [1.82, 2.24) is 0 Å². The zero-order chi connectivity index (χ0) is 16.6. The van der Waals surface area contributed by atoms with E-state index in [1.807, 2.05) is 24.3 Å². The molecule has 5 atom stereocenters. The summed E-state index contributed by atoms with van der Waals surface area (Å²) >= 11 is 6.25. The summed E-state index contributed by atoms with van der Waals surface area (Å²) in [6, 6.07) is 7.84. The molecule has 0 aromatic heterocycles. The van der Waals surface area contributed by atoms with Gasteiger partial charge in [0.25, 0.3) is 0 Å². The maximum atomic E-state index is 12.6. The molecular weight excluding hydrogens is 308 g/mol. The fraction of sp³-hybridized carbons (Fsp3) is 0.650. The first-order valence-electron chi connectivity index (χ1n) is 8.92. The van der Waals surface area contributed by atoms with Gasteiger partial charge in [0.1, 0.15) is 6.10 Å². The lowest BCUT2D eigenvalue weighted by molar-refractivity contribution is -0.157. The van der Waals surface area contributed by atoms with Gasteiger partial charge in [0.2, 0.25) is 0 Å². The second kappa shape index (κ2) is 6.84.